The van der Waals surface area contributed by atoms with E-state index in [1.54, 1.807) is 42.5 Å². The molecule has 2 aromatic rings. The Labute approximate surface area is 152 Å². The van der Waals surface area contributed by atoms with Gasteiger partial charge in [0, 0.05) is 18.3 Å². The maximum atomic E-state index is 12.5. The Kier molecular flexibility index (Phi) is 5.03. The molecule has 0 aliphatic carbocycles. The first-order chi connectivity index (χ1) is 12.5. The number of carbonyl (C=O) groups excluding carboxylic acids is 1. The number of sulfonamides is 1. The van der Waals surface area contributed by atoms with Crippen LogP contribution in [0.2, 0.25) is 0 Å². The summed E-state index contributed by atoms with van der Waals surface area (Å²) in [5, 5.41) is 2.78. The van der Waals surface area contributed by atoms with Crippen LogP contribution in [-0.4, -0.2) is 40.8 Å². The summed E-state index contributed by atoms with van der Waals surface area (Å²) in [4.78, 5) is 12.5. The van der Waals surface area contributed by atoms with E-state index in [0.717, 1.165) is 0 Å². The van der Waals surface area contributed by atoms with Crippen molar-refractivity contribution in [2.45, 2.75) is 6.42 Å². The zero-order valence-electron chi connectivity index (χ0n) is 14.6. The highest BCUT2D eigenvalue weighted by molar-refractivity contribution is 7.93. The third kappa shape index (κ3) is 3.45. The van der Waals surface area contributed by atoms with E-state index in [0.29, 0.717) is 41.4 Å². The Morgan fingerprint density at radius 3 is 2.46 bits per heavy atom. The molecule has 1 N–H and O–H groups in total. The lowest BCUT2D eigenvalue weighted by atomic mass is 10.1. The maximum absolute atomic E-state index is 12.5. The van der Waals surface area contributed by atoms with Crippen molar-refractivity contribution in [3.63, 3.8) is 0 Å². The van der Waals surface area contributed by atoms with Crippen molar-refractivity contribution >= 4 is 27.3 Å². The number of carbonyl (C=O) groups is 1. The number of nitrogens with zero attached hydrogens (tertiary/aromatic N) is 1. The van der Waals surface area contributed by atoms with E-state index >= 15 is 0 Å². The van der Waals surface area contributed by atoms with Crippen LogP contribution in [0.1, 0.15) is 16.8 Å². The Morgan fingerprint density at radius 1 is 1.08 bits per heavy atom. The van der Waals surface area contributed by atoms with Crippen LogP contribution in [0.15, 0.2) is 42.5 Å². The SMILES string of the molecule is COc1ccccc1C(=O)Nc1ccc(N2CCCS2(=O)=O)c(OC)c1. The summed E-state index contributed by atoms with van der Waals surface area (Å²) in [6.45, 7) is 0.422. The molecule has 2 aromatic carbocycles. The molecule has 0 spiro atoms. The number of para-hydroxylation sites is 1. The fourth-order valence-corrected chi connectivity index (χ4v) is 4.47. The molecule has 0 atom stereocenters. The average Bonchev–Trinajstić information content (AvgIpc) is 3.00. The highest BCUT2D eigenvalue weighted by Crippen LogP contribution is 2.35. The van der Waals surface area contributed by atoms with Gasteiger partial charge in [-0.15, -0.1) is 0 Å². The summed E-state index contributed by atoms with van der Waals surface area (Å²) in [5.41, 5.74) is 1.37. The molecule has 1 amide bonds. The van der Waals surface area contributed by atoms with Crippen LogP contribution in [0.25, 0.3) is 0 Å². The van der Waals surface area contributed by atoms with E-state index in [-0.39, 0.29) is 11.7 Å². The lowest BCUT2D eigenvalue weighted by Crippen LogP contribution is -2.25. The first-order valence-electron chi connectivity index (χ1n) is 8.09. The molecule has 7 nitrogen and oxygen atoms in total. The average molecular weight is 376 g/mol. The van der Waals surface area contributed by atoms with Gasteiger partial charge >= 0.3 is 0 Å². The second-order valence-electron chi connectivity index (χ2n) is 5.78. The first kappa shape index (κ1) is 18.1. The van der Waals surface area contributed by atoms with Gasteiger partial charge in [-0.05, 0) is 30.7 Å². The normalized spacial score (nSPS) is 15.5. The minimum Gasteiger partial charge on any atom is -0.496 e. The van der Waals surface area contributed by atoms with Crippen LogP contribution in [0.4, 0.5) is 11.4 Å². The van der Waals surface area contributed by atoms with E-state index in [4.69, 9.17) is 9.47 Å². The van der Waals surface area contributed by atoms with Crippen LogP contribution >= 0.6 is 0 Å². The predicted octanol–water partition coefficient (Wildman–Crippen LogP) is 2.50. The minimum absolute atomic E-state index is 0.127. The molecule has 138 valence electrons. The Morgan fingerprint density at radius 2 is 1.81 bits per heavy atom. The highest BCUT2D eigenvalue weighted by Gasteiger charge is 2.30. The summed E-state index contributed by atoms with van der Waals surface area (Å²) in [7, 11) is -0.345. The third-order valence-electron chi connectivity index (χ3n) is 4.16. The fourth-order valence-electron chi connectivity index (χ4n) is 2.90. The van der Waals surface area contributed by atoms with Crippen molar-refractivity contribution in [1.29, 1.82) is 0 Å². The molecular weight excluding hydrogens is 356 g/mol. The van der Waals surface area contributed by atoms with E-state index < -0.39 is 10.0 Å². The number of rotatable bonds is 5. The molecule has 0 aromatic heterocycles. The topological polar surface area (TPSA) is 84.9 Å². The monoisotopic (exact) mass is 376 g/mol. The smallest absolute Gasteiger partial charge is 0.259 e. The summed E-state index contributed by atoms with van der Waals surface area (Å²) in [6, 6.07) is 11.8. The van der Waals surface area contributed by atoms with Crippen molar-refractivity contribution in [2.24, 2.45) is 0 Å². The minimum atomic E-state index is -3.31. The number of amides is 1. The van der Waals surface area contributed by atoms with Gasteiger partial charge in [0.1, 0.15) is 11.5 Å². The molecule has 0 saturated carbocycles. The van der Waals surface area contributed by atoms with E-state index in [9.17, 15) is 13.2 Å². The molecule has 0 bridgehead atoms. The molecule has 1 aliphatic rings. The van der Waals surface area contributed by atoms with Crippen molar-refractivity contribution in [1.82, 2.24) is 0 Å². The van der Waals surface area contributed by atoms with Crippen molar-refractivity contribution in [2.75, 3.05) is 36.1 Å². The number of anilines is 2. The Bertz CT molecular complexity index is 927. The van der Waals surface area contributed by atoms with Crippen molar-refractivity contribution < 1.29 is 22.7 Å². The van der Waals surface area contributed by atoms with Crippen LogP contribution in [-0.2, 0) is 10.0 Å². The lowest BCUT2D eigenvalue weighted by molar-refractivity contribution is 0.102. The number of hydrogen-bond donors (Lipinski definition) is 1. The standard InChI is InChI=1S/C18H20N2O5S/c1-24-16-7-4-3-6-14(16)18(21)19-13-8-9-15(17(12-13)25-2)20-10-5-11-26(20,22)23/h3-4,6-9,12H,5,10-11H2,1-2H3,(H,19,21). The zero-order chi connectivity index (χ0) is 18.7. The summed E-state index contributed by atoms with van der Waals surface area (Å²) in [5.74, 6) is 0.652. The predicted molar refractivity (Wildman–Crippen MR) is 99.7 cm³/mol. The Balaban J connectivity index is 1.87. The summed E-state index contributed by atoms with van der Waals surface area (Å²) >= 11 is 0. The zero-order valence-corrected chi connectivity index (χ0v) is 15.4. The third-order valence-corrected chi connectivity index (χ3v) is 6.01. The Hall–Kier alpha value is -2.74. The van der Waals surface area contributed by atoms with Gasteiger partial charge in [0.15, 0.2) is 0 Å². The van der Waals surface area contributed by atoms with Gasteiger partial charge in [0.25, 0.3) is 5.91 Å². The second-order valence-corrected chi connectivity index (χ2v) is 7.80. The molecule has 1 saturated heterocycles. The lowest BCUT2D eigenvalue weighted by Gasteiger charge is -2.20. The number of benzene rings is 2. The molecule has 1 fully saturated rings. The van der Waals surface area contributed by atoms with Gasteiger partial charge in [0.05, 0.1) is 31.2 Å². The molecule has 1 aliphatic heterocycles. The van der Waals surface area contributed by atoms with Crippen LogP contribution in [0.3, 0.4) is 0 Å². The fraction of sp³-hybridized carbons (Fsp3) is 0.278. The number of methoxy groups -OCH3 is 2. The molecule has 0 unspecified atom stereocenters. The van der Waals surface area contributed by atoms with E-state index in [2.05, 4.69) is 5.32 Å². The molecular formula is C18H20N2O5S. The second kappa shape index (κ2) is 7.25. The van der Waals surface area contributed by atoms with Gasteiger partial charge in [-0.2, -0.15) is 0 Å². The van der Waals surface area contributed by atoms with Gasteiger partial charge in [0.2, 0.25) is 10.0 Å². The van der Waals surface area contributed by atoms with Gasteiger partial charge < -0.3 is 14.8 Å². The molecule has 8 heteroatoms. The van der Waals surface area contributed by atoms with Gasteiger partial charge in [-0.25, -0.2) is 8.42 Å². The number of nitrogens with one attached hydrogen (secondary N) is 1. The van der Waals surface area contributed by atoms with Crippen molar-refractivity contribution in [3.05, 3.63) is 48.0 Å². The van der Waals surface area contributed by atoms with E-state index in [1.807, 2.05) is 0 Å². The summed E-state index contributed by atoms with van der Waals surface area (Å²) < 4.78 is 36.2. The molecule has 26 heavy (non-hydrogen) atoms. The molecule has 0 radical (unpaired) electrons. The quantitative estimate of drug-likeness (QED) is 0.867. The van der Waals surface area contributed by atoms with E-state index in [1.165, 1.54) is 18.5 Å². The maximum Gasteiger partial charge on any atom is 0.259 e. The van der Waals surface area contributed by atoms with Crippen LogP contribution in [0.5, 0.6) is 11.5 Å². The molecule has 3 rings (SSSR count). The van der Waals surface area contributed by atoms with Crippen LogP contribution in [0, 0.1) is 0 Å². The van der Waals surface area contributed by atoms with Crippen molar-refractivity contribution in [3.8, 4) is 11.5 Å². The number of ether oxygens (including phenoxy) is 2. The molecule has 1 heterocycles. The highest BCUT2D eigenvalue weighted by atomic mass is 32.2. The first-order valence-corrected chi connectivity index (χ1v) is 9.70. The van der Waals surface area contributed by atoms with Crippen LogP contribution < -0.4 is 19.1 Å². The van der Waals surface area contributed by atoms with Gasteiger partial charge in [-0.1, -0.05) is 12.1 Å². The largest absolute Gasteiger partial charge is 0.496 e. The summed E-state index contributed by atoms with van der Waals surface area (Å²) in [6.07, 6.45) is 0.581. The number of hydrogen-bond acceptors (Lipinski definition) is 5. The van der Waals surface area contributed by atoms with Gasteiger partial charge in [-0.3, -0.25) is 9.10 Å².